The number of aliphatic imine (C=N–C) groups is 1. The topological polar surface area (TPSA) is 41.6 Å². The maximum absolute atomic E-state index is 13.6. The summed E-state index contributed by atoms with van der Waals surface area (Å²) < 4.78 is 41.5. The Hall–Kier alpha value is -2.51. The van der Waals surface area contributed by atoms with Crippen LogP contribution in [-0.2, 0) is 6.54 Å². The van der Waals surface area contributed by atoms with E-state index in [0.717, 1.165) is 28.1 Å². The van der Waals surface area contributed by atoms with E-state index in [-0.39, 0.29) is 11.5 Å². The molecule has 0 spiro atoms. The Labute approximate surface area is 195 Å². The van der Waals surface area contributed by atoms with Crippen molar-refractivity contribution in [1.82, 2.24) is 4.90 Å². The number of nitrogens with two attached hydrogens (primary N) is 1. The van der Waals surface area contributed by atoms with Crippen LogP contribution in [0.3, 0.4) is 0 Å². The summed E-state index contributed by atoms with van der Waals surface area (Å²) in [7, 11) is 0. The SMILES string of the molecule is C=CC(=C)N1Cc2sc(Cl)cc2C(c2ccccc2/C(C=NCCC)=C(/N)C(F)(F)F)C1. The van der Waals surface area contributed by atoms with Crippen molar-refractivity contribution in [1.29, 1.82) is 0 Å². The molecule has 3 nitrogen and oxygen atoms in total. The molecule has 0 bridgehead atoms. The Morgan fingerprint density at radius 1 is 1.34 bits per heavy atom. The molecule has 2 heterocycles. The van der Waals surface area contributed by atoms with Crippen LogP contribution >= 0.6 is 22.9 Å². The number of hydrogen-bond acceptors (Lipinski definition) is 4. The lowest BCUT2D eigenvalue weighted by atomic mass is 9.83. The van der Waals surface area contributed by atoms with Gasteiger partial charge in [-0.3, -0.25) is 4.99 Å². The van der Waals surface area contributed by atoms with E-state index in [1.165, 1.54) is 17.6 Å². The average Bonchev–Trinajstić information content (AvgIpc) is 3.14. The van der Waals surface area contributed by atoms with Gasteiger partial charge in [0.2, 0.25) is 0 Å². The second kappa shape index (κ2) is 9.96. The minimum atomic E-state index is -4.67. The van der Waals surface area contributed by atoms with Crippen LogP contribution < -0.4 is 5.73 Å². The van der Waals surface area contributed by atoms with Gasteiger partial charge in [0.1, 0.15) is 5.70 Å². The Balaban J connectivity index is 2.19. The number of hydrogen-bond donors (Lipinski definition) is 1. The average molecular weight is 480 g/mol. The maximum Gasteiger partial charge on any atom is 0.431 e. The number of benzene rings is 1. The highest BCUT2D eigenvalue weighted by molar-refractivity contribution is 7.16. The normalized spacial score (nSPS) is 17.3. The van der Waals surface area contributed by atoms with Crippen molar-refractivity contribution in [3.05, 3.63) is 86.9 Å². The van der Waals surface area contributed by atoms with E-state index in [1.807, 2.05) is 25.1 Å². The van der Waals surface area contributed by atoms with Crippen LogP contribution in [0.5, 0.6) is 0 Å². The van der Waals surface area contributed by atoms with E-state index < -0.39 is 11.9 Å². The van der Waals surface area contributed by atoms with E-state index in [2.05, 4.69) is 23.1 Å². The number of nitrogens with zero attached hydrogens (tertiary/aromatic N) is 2. The van der Waals surface area contributed by atoms with Crippen LogP contribution in [0, 0.1) is 0 Å². The van der Waals surface area contributed by atoms with Gasteiger partial charge in [-0.25, -0.2) is 0 Å². The Bertz CT molecular complexity index is 1070. The largest absolute Gasteiger partial charge is 0.431 e. The van der Waals surface area contributed by atoms with Gasteiger partial charge in [-0.2, -0.15) is 13.2 Å². The van der Waals surface area contributed by atoms with Gasteiger partial charge in [0.05, 0.1) is 10.9 Å². The molecule has 170 valence electrons. The molecule has 1 unspecified atom stereocenters. The number of alkyl halides is 3. The van der Waals surface area contributed by atoms with Crippen molar-refractivity contribution < 1.29 is 13.2 Å². The molecule has 2 N–H and O–H groups in total. The van der Waals surface area contributed by atoms with Gasteiger partial charge in [-0.1, -0.05) is 55.9 Å². The van der Waals surface area contributed by atoms with E-state index in [4.69, 9.17) is 17.3 Å². The predicted molar refractivity (Wildman–Crippen MR) is 128 cm³/mol. The molecule has 32 heavy (non-hydrogen) atoms. The fourth-order valence-corrected chi connectivity index (χ4v) is 5.12. The molecule has 1 aliphatic rings. The molecule has 0 aliphatic carbocycles. The van der Waals surface area contributed by atoms with E-state index in [0.29, 0.717) is 29.5 Å². The highest BCUT2D eigenvalue weighted by atomic mass is 35.5. The van der Waals surface area contributed by atoms with Crippen molar-refractivity contribution in [2.75, 3.05) is 13.1 Å². The molecule has 8 heteroatoms. The molecule has 0 fully saturated rings. The molecule has 2 aromatic rings. The molecular weight excluding hydrogens is 455 g/mol. The number of thiophene rings is 1. The van der Waals surface area contributed by atoms with Crippen LogP contribution in [0.25, 0.3) is 5.57 Å². The summed E-state index contributed by atoms with van der Waals surface area (Å²) in [6.07, 6.45) is -1.04. The van der Waals surface area contributed by atoms with Gasteiger partial charge in [-0.05, 0) is 35.3 Å². The molecule has 1 atom stereocenters. The number of halogens is 4. The maximum atomic E-state index is 13.6. The molecule has 1 aromatic carbocycles. The van der Waals surface area contributed by atoms with Crippen LogP contribution in [-0.4, -0.2) is 30.4 Å². The third-order valence-electron chi connectivity index (χ3n) is 5.36. The predicted octanol–water partition coefficient (Wildman–Crippen LogP) is 6.76. The zero-order chi connectivity index (χ0) is 23.5. The minimum Gasteiger partial charge on any atom is -0.394 e. The zero-order valence-corrected chi connectivity index (χ0v) is 19.3. The summed E-state index contributed by atoms with van der Waals surface area (Å²) in [6.45, 7) is 11.3. The van der Waals surface area contributed by atoms with Crippen LogP contribution in [0.15, 0.2) is 66.0 Å². The fraction of sp³-hybridized carbons (Fsp3) is 0.292. The lowest BCUT2D eigenvalue weighted by molar-refractivity contribution is -0.0918. The molecule has 1 aliphatic heterocycles. The van der Waals surface area contributed by atoms with Gasteiger partial charge in [-0.15, -0.1) is 11.3 Å². The lowest BCUT2D eigenvalue weighted by Crippen LogP contribution is -2.32. The van der Waals surface area contributed by atoms with Crippen molar-refractivity contribution >= 4 is 34.7 Å². The number of fused-ring (bicyclic) bond motifs is 1. The van der Waals surface area contributed by atoms with Gasteiger partial charge in [0, 0.05) is 41.4 Å². The summed E-state index contributed by atoms with van der Waals surface area (Å²) in [6, 6.07) is 8.93. The Morgan fingerprint density at radius 3 is 2.72 bits per heavy atom. The monoisotopic (exact) mass is 479 g/mol. The molecule has 1 aromatic heterocycles. The van der Waals surface area contributed by atoms with Crippen LogP contribution in [0.1, 0.15) is 40.8 Å². The molecule has 0 radical (unpaired) electrons. The van der Waals surface area contributed by atoms with Crippen molar-refractivity contribution in [2.24, 2.45) is 10.7 Å². The van der Waals surface area contributed by atoms with Gasteiger partial charge >= 0.3 is 6.18 Å². The summed E-state index contributed by atoms with van der Waals surface area (Å²) in [5.41, 5.74) is 7.23. The van der Waals surface area contributed by atoms with Gasteiger partial charge in [0.15, 0.2) is 0 Å². The highest BCUT2D eigenvalue weighted by Crippen LogP contribution is 2.43. The highest BCUT2D eigenvalue weighted by Gasteiger charge is 2.36. The second-order valence-electron chi connectivity index (χ2n) is 7.51. The first kappa shape index (κ1) is 24.1. The number of allylic oxidation sites excluding steroid dienone is 3. The van der Waals surface area contributed by atoms with E-state index >= 15 is 0 Å². The zero-order valence-electron chi connectivity index (χ0n) is 17.8. The van der Waals surface area contributed by atoms with E-state index in [9.17, 15) is 13.2 Å². The first-order valence-corrected chi connectivity index (χ1v) is 11.4. The molecule has 0 saturated heterocycles. The molecule has 3 rings (SSSR count). The summed E-state index contributed by atoms with van der Waals surface area (Å²) in [5.74, 6) is -0.217. The first-order valence-electron chi connectivity index (χ1n) is 10.2. The third-order valence-corrected chi connectivity index (χ3v) is 6.63. The van der Waals surface area contributed by atoms with Crippen LogP contribution in [0.2, 0.25) is 4.34 Å². The second-order valence-corrected chi connectivity index (χ2v) is 9.27. The Kier molecular flexibility index (Phi) is 7.51. The van der Waals surface area contributed by atoms with Crippen molar-refractivity contribution in [3.63, 3.8) is 0 Å². The van der Waals surface area contributed by atoms with Gasteiger partial charge in [0.25, 0.3) is 0 Å². The Morgan fingerprint density at radius 2 is 2.06 bits per heavy atom. The quantitative estimate of drug-likeness (QED) is 0.352. The summed E-state index contributed by atoms with van der Waals surface area (Å²) >= 11 is 7.79. The fourth-order valence-electron chi connectivity index (χ4n) is 3.77. The summed E-state index contributed by atoms with van der Waals surface area (Å²) in [4.78, 5) is 7.29. The molecule has 0 saturated carbocycles. The molecule has 0 amide bonds. The number of rotatable bonds is 7. The first-order chi connectivity index (χ1) is 15.2. The lowest BCUT2D eigenvalue weighted by Gasteiger charge is -2.35. The minimum absolute atomic E-state index is 0.121. The van der Waals surface area contributed by atoms with Gasteiger partial charge < -0.3 is 10.6 Å². The van der Waals surface area contributed by atoms with Crippen LogP contribution in [0.4, 0.5) is 13.2 Å². The van der Waals surface area contributed by atoms with E-state index in [1.54, 1.807) is 18.2 Å². The smallest absolute Gasteiger partial charge is 0.394 e. The third kappa shape index (κ3) is 5.10. The van der Waals surface area contributed by atoms with Crippen molar-refractivity contribution in [3.8, 4) is 0 Å². The standard InChI is InChI=1S/C24H25ClF3N3S/c1-4-10-30-12-19(23(29)24(26,27)28)16-8-6-7-9-17(16)20-13-31(15(3)5-2)14-21-18(20)11-22(25)32-21/h5-9,11-12,20H,2-4,10,13-14,29H2,1H3/b23-19+,30-12?. The molecular formula is C24H25ClF3N3S. The summed E-state index contributed by atoms with van der Waals surface area (Å²) in [5, 5.41) is 0. The van der Waals surface area contributed by atoms with Crippen molar-refractivity contribution in [2.45, 2.75) is 32.0 Å².